The lowest BCUT2D eigenvalue weighted by atomic mass is 9.91. The summed E-state index contributed by atoms with van der Waals surface area (Å²) in [4.78, 5) is 245. The quantitative estimate of drug-likeness (QED) is 0.0244. The number of aliphatic hydroxyl groups is 1. The van der Waals surface area contributed by atoms with E-state index in [1.54, 1.807) is 96.3 Å². The van der Waals surface area contributed by atoms with Gasteiger partial charge in [-0.25, -0.2) is 0 Å². The van der Waals surface area contributed by atoms with Gasteiger partial charge in [-0.2, -0.15) is 0 Å². The number of nitrogens with one attached hydrogen (secondary N) is 16. The first kappa shape index (κ1) is 113. The van der Waals surface area contributed by atoms with Gasteiger partial charge >= 0.3 is 0 Å². The fourth-order valence-electron chi connectivity index (χ4n) is 15.1. The standard InChI is InChI=1S/C92H150N22O18/c1-53(2)47-69(110-90(131)77(57(9)115)101-58(10)116)84(125)104-65(38-24-29-45-95)80(121)105-68(40-41-73(97)117)83(124)108-71(49-59-31-17-16-18-32-59)87(128)114-92(11)42-26-15-13-12-14-19-36-67(106-88(129)75(55(5)6)112-74(118)52-100-79(120)64(111-91(92)132)37-23-28-44-94)81(122)103-66(39-25-30-46-96)82(123)109-72(50-60-51-99-62-34-21-20-33-61(60)62)85(126)107-70(48-54(3)4)86(127)113-76(56(7)8)89(130)102-63(78(98)119)35-22-27-43-93/h12-13,16-18,20-21,31-34,51,53-57,63-72,75-77,99,115H,14-15,19,22-30,35-50,52,93-96H2,1-11H3,(H2,97,117)(H2,98,119)(H,100,120)(H,101,116)(H,102,130)(H,103,122)(H,104,125)(H,105,121)(H,106,129)(H,107,126)(H,108,124)(H,109,123)(H,110,131)(H,111,132)(H,112,118)(H,113,127)(H,114,128)/b13-12-/t57-,63+,64+,65+,66+,67+,68+,69+,70+,71+,72+,75+,76+,77+,92+/m1/s1. The van der Waals surface area contributed by atoms with E-state index in [-0.39, 0.29) is 134 Å². The summed E-state index contributed by atoms with van der Waals surface area (Å²) < 4.78 is 0. The van der Waals surface area contributed by atoms with Crippen LogP contribution in [0.4, 0.5) is 0 Å². The highest BCUT2D eigenvalue weighted by atomic mass is 16.3. The Kier molecular flexibility index (Phi) is 50.5. The summed E-state index contributed by atoms with van der Waals surface area (Å²) in [7, 11) is 0. The third-order valence-corrected chi connectivity index (χ3v) is 22.6. The van der Waals surface area contributed by atoms with E-state index >= 15 is 24.0 Å². The van der Waals surface area contributed by atoms with Gasteiger partial charge in [-0.3, -0.25) is 81.5 Å². The molecule has 2 heterocycles. The molecule has 40 heteroatoms. The predicted molar refractivity (Wildman–Crippen MR) is 499 cm³/mol. The van der Waals surface area contributed by atoms with Gasteiger partial charge in [0, 0.05) is 43.3 Å². The lowest BCUT2D eigenvalue weighted by Gasteiger charge is -2.33. The Morgan fingerprint density at radius 1 is 0.492 bits per heavy atom. The molecule has 17 amide bonds. The van der Waals surface area contributed by atoms with E-state index in [1.165, 1.54) is 13.8 Å². The minimum absolute atomic E-state index is 0.0197. The van der Waals surface area contributed by atoms with Crippen molar-refractivity contribution < 1.29 is 86.6 Å². The summed E-state index contributed by atoms with van der Waals surface area (Å²) >= 11 is 0. The van der Waals surface area contributed by atoms with Crippen molar-refractivity contribution in [2.45, 2.75) is 320 Å². The van der Waals surface area contributed by atoms with Crippen LogP contribution in [-0.2, 0) is 94.3 Å². The first-order chi connectivity index (χ1) is 62.6. The van der Waals surface area contributed by atoms with E-state index in [0.717, 1.165) is 12.3 Å². The number of carbonyl (C=O) groups excluding carboxylic acids is 17. The van der Waals surface area contributed by atoms with Crippen molar-refractivity contribution in [1.82, 2.24) is 84.7 Å². The van der Waals surface area contributed by atoms with Crippen molar-refractivity contribution >= 4 is 111 Å². The maximum Gasteiger partial charge on any atom is 0.246 e. The lowest BCUT2D eigenvalue weighted by molar-refractivity contribution is -0.138. The van der Waals surface area contributed by atoms with Crippen molar-refractivity contribution in [3.8, 4) is 0 Å². The fraction of sp³-hybridized carbons (Fsp3) is 0.641. The molecular weight excluding hydrogens is 1700 g/mol. The first-order valence-corrected chi connectivity index (χ1v) is 46.4. The van der Waals surface area contributed by atoms with Gasteiger partial charge in [0.05, 0.1) is 12.6 Å². The molecule has 1 aromatic heterocycles. The number of amides is 17. The first-order valence-electron chi connectivity index (χ1n) is 46.4. The van der Waals surface area contributed by atoms with E-state index in [1.807, 2.05) is 32.0 Å². The molecule has 0 saturated carbocycles. The van der Waals surface area contributed by atoms with Crippen LogP contribution in [0.5, 0.6) is 0 Å². The van der Waals surface area contributed by atoms with E-state index in [4.69, 9.17) is 34.4 Å². The number of aromatic nitrogens is 1. The zero-order valence-electron chi connectivity index (χ0n) is 78.7. The van der Waals surface area contributed by atoms with Gasteiger partial charge in [0.25, 0.3) is 0 Å². The van der Waals surface area contributed by atoms with E-state index in [9.17, 15) is 62.6 Å². The number of H-pyrrole nitrogens is 1. The largest absolute Gasteiger partial charge is 0.391 e. The molecule has 1 aliphatic heterocycles. The number of hydrogen-bond donors (Lipinski definition) is 23. The SMILES string of the molecule is CC(=O)N[C@H](C(=O)N[C@@H](CC(C)C)C(=O)N[C@@H](CCCCN)C(=O)N[C@@H](CCC(N)=O)C(=O)N[C@@H](Cc1ccccc1)C(=O)N[C@@]1(C)CCC/C=C\CCC[C@@H](C(=O)N[C@@H](CCCCN)C(=O)N[C@@H](Cc2c[nH]c3ccccc23)C(=O)N[C@@H](CC(C)C)C(=O)N[C@H](C(=O)N[C@@H](CCCCN)C(N)=O)C(C)C)NC(=O)[C@H](C(C)C)NC(=O)CNC(=O)[C@H](CCCCN)NC1=O)[C@@H](C)O. The zero-order valence-corrected chi connectivity index (χ0v) is 78.7. The van der Waals surface area contributed by atoms with Crippen LogP contribution >= 0.6 is 0 Å². The minimum Gasteiger partial charge on any atom is -0.391 e. The maximum absolute atomic E-state index is 15.3. The van der Waals surface area contributed by atoms with Crippen molar-refractivity contribution in [3.63, 3.8) is 0 Å². The maximum atomic E-state index is 15.3. The third-order valence-electron chi connectivity index (χ3n) is 22.6. The normalized spacial score (nSPS) is 18.9. The van der Waals surface area contributed by atoms with E-state index in [0.29, 0.717) is 61.7 Å². The molecule has 4 rings (SSSR count). The molecule has 0 aliphatic carbocycles. The number of aliphatic hydroxyl groups excluding tert-OH is 1. The van der Waals surface area contributed by atoms with Crippen molar-refractivity contribution in [1.29, 1.82) is 0 Å². The number of fused-ring (bicyclic) bond motifs is 1. The number of carbonyl (C=O) groups is 17. The molecule has 0 radical (unpaired) electrons. The monoisotopic (exact) mass is 1850 g/mol. The van der Waals surface area contributed by atoms with Crippen molar-refractivity contribution in [2.24, 2.45) is 58.1 Å². The molecule has 29 N–H and O–H groups in total. The Balaban J connectivity index is 1.75. The molecule has 0 unspecified atom stereocenters. The van der Waals surface area contributed by atoms with E-state index in [2.05, 4.69) is 84.7 Å². The number of benzene rings is 2. The van der Waals surface area contributed by atoms with Crippen LogP contribution in [0.2, 0.25) is 0 Å². The molecule has 2 aromatic carbocycles. The second-order valence-corrected chi connectivity index (χ2v) is 35.9. The smallest absolute Gasteiger partial charge is 0.246 e. The number of aromatic amines is 1. The molecule has 0 fully saturated rings. The molecule has 0 bridgehead atoms. The molecule has 132 heavy (non-hydrogen) atoms. The van der Waals surface area contributed by atoms with E-state index < -0.39 is 222 Å². The van der Waals surface area contributed by atoms with Gasteiger partial charge in [-0.15, -0.1) is 0 Å². The Bertz CT molecular complexity index is 4300. The average Bonchev–Trinajstić information content (AvgIpc) is 1.41. The molecule has 736 valence electrons. The number of unbranched alkanes of at least 4 members (excludes halogenated alkanes) is 4. The van der Waals surface area contributed by atoms with Crippen LogP contribution in [0.1, 0.15) is 229 Å². The van der Waals surface area contributed by atoms with Crippen LogP contribution in [0, 0.1) is 23.7 Å². The molecule has 3 aromatic rings. The average molecular weight is 1850 g/mol. The van der Waals surface area contributed by atoms with Gasteiger partial charge in [0.2, 0.25) is 100 Å². The van der Waals surface area contributed by atoms with Crippen LogP contribution in [0.3, 0.4) is 0 Å². The minimum atomic E-state index is -1.92. The Labute approximate surface area is 774 Å². The molecule has 1 aliphatic rings. The van der Waals surface area contributed by atoms with Crippen molar-refractivity contribution in [3.05, 3.63) is 84.1 Å². The van der Waals surface area contributed by atoms with Crippen LogP contribution in [0.25, 0.3) is 10.9 Å². The molecule has 40 nitrogen and oxygen atoms in total. The third kappa shape index (κ3) is 40.3. The molecule has 15 atom stereocenters. The Hall–Kier alpha value is -11.5. The van der Waals surface area contributed by atoms with Gasteiger partial charge < -0.3 is 124 Å². The van der Waals surface area contributed by atoms with Gasteiger partial charge in [0.15, 0.2) is 0 Å². The summed E-state index contributed by atoms with van der Waals surface area (Å²) in [5, 5.41) is 51.8. The topological polar surface area (TPSA) is 663 Å². The van der Waals surface area contributed by atoms with Gasteiger partial charge in [-0.05, 0) is 216 Å². The molecular formula is C92H150N22O18. The highest BCUT2D eigenvalue weighted by Gasteiger charge is 2.42. The highest BCUT2D eigenvalue weighted by Crippen LogP contribution is 2.23. The number of nitrogens with two attached hydrogens (primary N) is 6. The highest BCUT2D eigenvalue weighted by molar-refractivity contribution is 6.02. The second-order valence-electron chi connectivity index (χ2n) is 35.9. The summed E-state index contributed by atoms with van der Waals surface area (Å²) in [5.74, 6) is -15.6. The molecule has 0 saturated heterocycles. The van der Waals surface area contributed by atoms with Gasteiger partial charge in [-0.1, -0.05) is 116 Å². The van der Waals surface area contributed by atoms with Crippen LogP contribution < -0.4 is 114 Å². The van der Waals surface area contributed by atoms with Crippen molar-refractivity contribution in [2.75, 3.05) is 32.7 Å². The number of allylic oxidation sites excluding steroid dienone is 2. The molecule has 0 spiro atoms. The predicted octanol–water partition coefficient (Wildman–Crippen LogP) is -0.771. The summed E-state index contributed by atoms with van der Waals surface area (Å²) in [6, 6.07) is -2.10. The van der Waals surface area contributed by atoms with Crippen LogP contribution in [0.15, 0.2) is 72.9 Å². The lowest BCUT2D eigenvalue weighted by Crippen LogP contribution is -2.64. The number of rotatable bonds is 52. The number of para-hydroxylation sites is 1. The summed E-state index contributed by atoms with van der Waals surface area (Å²) in [5.41, 5.74) is 34.7. The number of hydrogen-bond acceptors (Lipinski definition) is 22. The fourth-order valence-corrected chi connectivity index (χ4v) is 15.1. The second kappa shape index (κ2) is 59.1. The Morgan fingerprint density at radius 3 is 1.51 bits per heavy atom. The van der Waals surface area contributed by atoms with Crippen LogP contribution in [-0.4, -0.2) is 233 Å². The zero-order chi connectivity index (χ0) is 98.3. The summed E-state index contributed by atoms with van der Waals surface area (Å²) in [6.07, 6.45) is 6.74. The number of primary amides is 2. The Morgan fingerprint density at radius 2 is 0.970 bits per heavy atom. The van der Waals surface area contributed by atoms with Gasteiger partial charge in [0.1, 0.15) is 84.1 Å². The summed E-state index contributed by atoms with van der Waals surface area (Å²) in [6.45, 7) is 17.9.